The van der Waals surface area contributed by atoms with Gasteiger partial charge in [0.1, 0.15) is 5.82 Å². The molecular formula is C10H8FNO. The van der Waals surface area contributed by atoms with E-state index in [4.69, 9.17) is 0 Å². The van der Waals surface area contributed by atoms with Crippen molar-refractivity contribution in [2.75, 3.05) is 6.54 Å². The van der Waals surface area contributed by atoms with E-state index >= 15 is 0 Å². The first kappa shape index (κ1) is 7.98. The number of hydrogen-bond acceptors (Lipinski definition) is 2. The van der Waals surface area contributed by atoms with Gasteiger partial charge in [0.2, 0.25) is 0 Å². The van der Waals surface area contributed by atoms with Crippen LogP contribution < -0.4 is 5.32 Å². The summed E-state index contributed by atoms with van der Waals surface area (Å²) < 4.78 is 12.5. The largest absolute Gasteiger partial charge is 0.377 e. The molecule has 13 heavy (non-hydrogen) atoms. The number of ketones is 1. The molecule has 1 aromatic carbocycles. The third-order valence-electron chi connectivity index (χ3n) is 1.91. The van der Waals surface area contributed by atoms with E-state index in [0.29, 0.717) is 6.54 Å². The molecule has 0 atom stereocenters. The van der Waals surface area contributed by atoms with Gasteiger partial charge in [0.05, 0.1) is 6.54 Å². The molecule has 0 amide bonds. The van der Waals surface area contributed by atoms with Crippen molar-refractivity contribution in [3.05, 3.63) is 41.7 Å². The summed E-state index contributed by atoms with van der Waals surface area (Å²) in [5.41, 5.74) is 1.61. The van der Waals surface area contributed by atoms with Gasteiger partial charge in [-0.15, -0.1) is 0 Å². The lowest BCUT2D eigenvalue weighted by atomic mass is 10.1. The molecule has 3 heteroatoms. The fraction of sp³-hybridized carbons (Fsp3) is 0.100. The molecule has 1 aromatic rings. The lowest BCUT2D eigenvalue weighted by Crippen LogP contribution is -2.10. The summed E-state index contributed by atoms with van der Waals surface area (Å²) in [6.07, 6.45) is 1.53. The average molecular weight is 177 g/mol. The molecule has 0 radical (unpaired) electrons. The second-order valence-electron chi connectivity index (χ2n) is 2.88. The van der Waals surface area contributed by atoms with Gasteiger partial charge in [0.25, 0.3) is 0 Å². The van der Waals surface area contributed by atoms with E-state index in [1.807, 2.05) is 0 Å². The first-order valence-electron chi connectivity index (χ1n) is 4.00. The molecule has 1 N–H and O–H groups in total. The highest BCUT2D eigenvalue weighted by Gasteiger charge is 2.11. The van der Waals surface area contributed by atoms with Crippen molar-refractivity contribution in [3.8, 4) is 0 Å². The second-order valence-corrected chi connectivity index (χ2v) is 2.88. The van der Waals surface area contributed by atoms with Crippen LogP contribution in [-0.4, -0.2) is 12.3 Å². The molecule has 0 fully saturated rings. The van der Waals surface area contributed by atoms with Gasteiger partial charge in [0, 0.05) is 11.8 Å². The standard InChI is InChI=1S/C10H8FNO/c11-8-3-1-7(2-4-8)10-5-9(13)6-12-10/h1-5,12H,6H2. The Hall–Kier alpha value is -1.64. The summed E-state index contributed by atoms with van der Waals surface area (Å²) in [6, 6.07) is 6.04. The molecule has 0 saturated carbocycles. The van der Waals surface area contributed by atoms with E-state index in [0.717, 1.165) is 11.3 Å². The molecule has 66 valence electrons. The van der Waals surface area contributed by atoms with Gasteiger partial charge >= 0.3 is 0 Å². The van der Waals surface area contributed by atoms with Crippen molar-refractivity contribution in [3.63, 3.8) is 0 Å². The maximum atomic E-state index is 12.5. The topological polar surface area (TPSA) is 29.1 Å². The van der Waals surface area contributed by atoms with Crippen molar-refractivity contribution in [1.29, 1.82) is 0 Å². The number of benzene rings is 1. The van der Waals surface area contributed by atoms with E-state index in [2.05, 4.69) is 5.32 Å². The molecule has 2 rings (SSSR count). The quantitative estimate of drug-likeness (QED) is 0.701. The molecule has 2 nitrogen and oxygen atoms in total. The number of rotatable bonds is 1. The lowest BCUT2D eigenvalue weighted by Gasteiger charge is -2.02. The lowest BCUT2D eigenvalue weighted by molar-refractivity contribution is -0.113. The zero-order valence-corrected chi connectivity index (χ0v) is 6.88. The third-order valence-corrected chi connectivity index (χ3v) is 1.91. The highest BCUT2D eigenvalue weighted by atomic mass is 19.1. The molecule has 1 aliphatic rings. The van der Waals surface area contributed by atoms with E-state index in [-0.39, 0.29) is 11.6 Å². The highest BCUT2D eigenvalue weighted by Crippen LogP contribution is 2.14. The number of carbonyl (C=O) groups is 1. The summed E-state index contributed by atoms with van der Waals surface area (Å²) in [5.74, 6) is -0.215. The molecule has 0 spiro atoms. The molecule has 0 unspecified atom stereocenters. The predicted octanol–water partition coefficient (Wildman–Crippen LogP) is 1.34. The van der Waals surface area contributed by atoms with Gasteiger partial charge in [-0.2, -0.15) is 0 Å². The first-order chi connectivity index (χ1) is 6.25. The van der Waals surface area contributed by atoms with Crippen molar-refractivity contribution >= 4 is 11.5 Å². The Labute approximate surface area is 75.1 Å². The summed E-state index contributed by atoms with van der Waals surface area (Å²) in [5, 5.41) is 2.93. The smallest absolute Gasteiger partial charge is 0.176 e. The summed E-state index contributed by atoms with van der Waals surface area (Å²) in [7, 11) is 0. The van der Waals surface area contributed by atoms with Gasteiger partial charge in [-0.25, -0.2) is 4.39 Å². The maximum Gasteiger partial charge on any atom is 0.176 e. The van der Waals surface area contributed by atoms with Gasteiger partial charge in [-0.1, -0.05) is 12.1 Å². The van der Waals surface area contributed by atoms with Crippen LogP contribution >= 0.6 is 0 Å². The molecule has 0 saturated heterocycles. The zero-order chi connectivity index (χ0) is 9.26. The Bertz CT molecular complexity index is 367. The summed E-state index contributed by atoms with van der Waals surface area (Å²) in [4.78, 5) is 10.9. The van der Waals surface area contributed by atoms with Crippen molar-refractivity contribution in [1.82, 2.24) is 5.32 Å². The van der Waals surface area contributed by atoms with Gasteiger partial charge in [-0.3, -0.25) is 4.79 Å². The monoisotopic (exact) mass is 177 g/mol. The Morgan fingerprint density at radius 2 is 1.92 bits per heavy atom. The Morgan fingerprint density at radius 3 is 2.46 bits per heavy atom. The van der Waals surface area contributed by atoms with Crippen LogP contribution in [-0.2, 0) is 4.79 Å². The van der Waals surface area contributed by atoms with Crippen LogP contribution in [0.1, 0.15) is 5.56 Å². The highest BCUT2D eigenvalue weighted by molar-refractivity contribution is 6.02. The molecule has 1 heterocycles. The fourth-order valence-corrected chi connectivity index (χ4v) is 1.26. The maximum absolute atomic E-state index is 12.5. The minimum atomic E-state index is -0.270. The summed E-state index contributed by atoms with van der Waals surface area (Å²) >= 11 is 0. The molecule has 1 aliphatic heterocycles. The zero-order valence-electron chi connectivity index (χ0n) is 6.88. The normalized spacial score (nSPS) is 15.5. The van der Waals surface area contributed by atoms with Crippen LogP contribution in [0.4, 0.5) is 4.39 Å². The van der Waals surface area contributed by atoms with Crippen LogP contribution in [0, 0.1) is 5.82 Å². The van der Waals surface area contributed by atoms with Crippen molar-refractivity contribution in [2.45, 2.75) is 0 Å². The van der Waals surface area contributed by atoms with Gasteiger partial charge in [0.15, 0.2) is 5.78 Å². The number of nitrogens with one attached hydrogen (secondary N) is 1. The van der Waals surface area contributed by atoms with Gasteiger partial charge < -0.3 is 5.32 Å². The Kier molecular flexibility index (Phi) is 1.85. The van der Waals surface area contributed by atoms with E-state index in [1.54, 1.807) is 12.1 Å². The van der Waals surface area contributed by atoms with Crippen LogP contribution in [0.3, 0.4) is 0 Å². The number of hydrogen-bond donors (Lipinski definition) is 1. The molecule has 0 bridgehead atoms. The number of halogens is 1. The Balaban J connectivity index is 2.31. The van der Waals surface area contributed by atoms with E-state index in [9.17, 15) is 9.18 Å². The van der Waals surface area contributed by atoms with Crippen LogP contribution in [0.5, 0.6) is 0 Å². The minimum absolute atomic E-state index is 0.0549. The average Bonchev–Trinajstić information content (AvgIpc) is 2.53. The predicted molar refractivity (Wildman–Crippen MR) is 47.4 cm³/mol. The Morgan fingerprint density at radius 1 is 1.23 bits per heavy atom. The van der Waals surface area contributed by atoms with E-state index in [1.165, 1.54) is 18.2 Å². The van der Waals surface area contributed by atoms with Crippen LogP contribution in [0.2, 0.25) is 0 Å². The van der Waals surface area contributed by atoms with Crippen molar-refractivity contribution in [2.24, 2.45) is 0 Å². The number of carbonyl (C=O) groups excluding carboxylic acids is 1. The fourth-order valence-electron chi connectivity index (χ4n) is 1.26. The molecule has 0 aliphatic carbocycles. The SMILES string of the molecule is O=C1C=C(c2ccc(F)cc2)NC1. The van der Waals surface area contributed by atoms with Crippen molar-refractivity contribution < 1.29 is 9.18 Å². The molecular weight excluding hydrogens is 169 g/mol. The summed E-state index contributed by atoms with van der Waals surface area (Å²) in [6.45, 7) is 0.340. The third kappa shape index (κ3) is 1.59. The first-order valence-corrected chi connectivity index (χ1v) is 4.00. The second kappa shape index (κ2) is 3.01. The van der Waals surface area contributed by atoms with E-state index < -0.39 is 0 Å². The van der Waals surface area contributed by atoms with Crippen LogP contribution in [0.25, 0.3) is 5.70 Å². The molecule has 0 aromatic heterocycles. The minimum Gasteiger partial charge on any atom is -0.377 e. The van der Waals surface area contributed by atoms with Gasteiger partial charge in [-0.05, 0) is 17.7 Å². The van der Waals surface area contributed by atoms with Crippen LogP contribution in [0.15, 0.2) is 30.3 Å².